The highest BCUT2D eigenvalue weighted by molar-refractivity contribution is 5.88. The average molecular weight is 426 g/mol. The van der Waals surface area contributed by atoms with E-state index >= 15 is 0 Å². The van der Waals surface area contributed by atoms with Crippen molar-refractivity contribution in [2.45, 2.75) is 89.8 Å². The minimum Gasteiger partial charge on any atom is -0.480 e. The molecule has 2 aliphatic heterocycles. The first-order chi connectivity index (χ1) is 14.4. The Morgan fingerprint density at radius 3 is 2.57 bits per heavy atom. The average Bonchev–Trinajstić information content (AvgIpc) is 3.23. The van der Waals surface area contributed by atoms with Crippen LogP contribution in [0.15, 0.2) is 0 Å². The van der Waals surface area contributed by atoms with Crippen LogP contribution in [0.25, 0.3) is 0 Å². The predicted octanol–water partition coefficient (Wildman–Crippen LogP) is 1.92. The number of nitrogens with one attached hydrogen (secondary N) is 2. The van der Waals surface area contributed by atoms with E-state index < -0.39 is 24.1 Å². The number of aliphatic carboxylic acids is 1. The van der Waals surface area contributed by atoms with Crippen LogP contribution < -0.4 is 10.6 Å². The van der Waals surface area contributed by atoms with Gasteiger partial charge in [0.2, 0.25) is 5.91 Å². The van der Waals surface area contributed by atoms with Gasteiger partial charge in [0, 0.05) is 6.54 Å². The van der Waals surface area contributed by atoms with Gasteiger partial charge in [-0.25, -0.2) is 4.79 Å². The highest BCUT2D eigenvalue weighted by atomic mass is 16.5. The van der Waals surface area contributed by atoms with Crippen LogP contribution in [0, 0.1) is 5.92 Å². The molecule has 0 aromatic rings. The number of carboxylic acid groups (broad SMARTS) is 1. The number of carbonyl (C=O) groups is 3. The van der Waals surface area contributed by atoms with Gasteiger partial charge in [-0.3, -0.25) is 14.9 Å². The molecule has 0 radical (unpaired) electrons. The molecule has 2 saturated heterocycles. The van der Waals surface area contributed by atoms with Crippen LogP contribution in [0.4, 0.5) is 0 Å². The molecule has 2 fully saturated rings. The van der Waals surface area contributed by atoms with Gasteiger partial charge in [-0.05, 0) is 65.0 Å². The summed E-state index contributed by atoms with van der Waals surface area (Å²) in [4.78, 5) is 38.0. The monoisotopic (exact) mass is 425 g/mol. The molecule has 0 spiro atoms. The molecule has 0 aromatic heterocycles. The molecule has 0 unspecified atom stereocenters. The van der Waals surface area contributed by atoms with Crippen molar-refractivity contribution in [2.75, 3.05) is 26.2 Å². The number of rotatable bonds is 12. The van der Waals surface area contributed by atoms with Crippen molar-refractivity contribution in [3.05, 3.63) is 0 Å². The van der Waals surface area contributed by atoms with Crippen molar-refractivity contribution >= 4 is 17.8 Å². The largest absolute Gasteiger partial charge is 0.480 e. The van der Waals surface area contributed by atoms with Gasteiger partial charge in [0.05, 0.1) is 12.6 Å². The molecule has 0 aromatic carbocycles. The van der Waals surface area contributed by atoms with Crippen molar-refractivity contribution in [3.63, 3.8) is 0 Å². The van der Waals surface area contributed by atoms with E-state index in [1.54, 1.807) is 13.8 Å². The first-order valence-corrected chi connectivity index (χ1v) is 11.6. The molecule has 0 bridgehead atoms. The number of hydrogen-bond acceptors (Lipinski definition) is 6. The minimum atomic E-state index is -0.969. The highest BCUT2D eigenvalue weighted by Gasteiger charge is 2.36. The fourth-order valence-electron chi connectivity index (χ4n) is 4.55. The second kappa shape index (κ2) is 12.9. The lowest BCUT2D eigenvalue weighted by molar-refractivity contribution is -0.150. The van der Waals surface area contributed by atoms with Gasteiger partial charge in [-0.15, -0.1) is 0 Å². The maximum atomic E-state index is 12.8. The first-order valence-electron chi connectivity index (χ1n) is 11.6. The summed E-state index contributed by atoms with van der Waals surface area (Å²) in [6, 6.07) is -1.94. The van der Waals surface area contributed by atoms with Crippen LogP contribution in [0.2, 0.25) is 0 Å². The normalized spacial score (nSPS) is 21.9. The van der Waals surface area contributed by atoms with E-state index in [1.165, 1.54) is 24.2 Å². The van der Waals surface area contributed by atoms with Crippen LogP contribution >= 0.6 is 0 Å². The fourth-order valence-corrected chi connectivity index (χ4v) is 4.55. The van der Waals surface area contributed by atoms with Crippen molar-refractivity contribution in [1.29, 1.82) is 0 Å². The second-order valence-electron chi connectivity index (χ2n) is 8.55. The van der Waals surface area contributed by atoms with E-state index in [4.69, 9.17) is 4.74 Å². The zero-order valence-electron chi connectivity index (χ0n) is 18.5. The van der Waals surface area contributed by atoms with Crippen LogP contribution in [0.3, 0.4) is 0 Å². The molecule has 172 valence electrons. The van der Waals surface area contributed by atoms with Crippen LogP contribution in [-0.4, -0.2) is 72.2 Å². The number of ether oxygens (including phenoxy) is 1. The van der Waals surface area contributed by atoms with Crippen LogP contribution in [-0.2, 0) is 19.1 Å². The summed E-state index contributed by atoms with van der Waals surface area (Å²) in [6.07, 6.45) is 8.62. The highest BCUT2D eigenvalue weighted by Crippen LogP contribution is 2.21. The number of esters is 1. The number of unbranched alkanes of at least 4 members (excludes halogenated alkanes) is 2. The molecule has 8 nitrogen and oxygen atoms in total. The van der Waals surface area contributed by atoms with E-state index in [-0.39, 0.29) is 11.9 Å². The van der Waals surface area contributed by atoms with E-state index in [0.29, 0.717) is 32.4 Å². The quantitative estimate of drug-likeness (QED) is 0.324. The van der Waals surface area contributed by atoms with E-state index in [1.807, 2.05) is 0 Å². The third kappa shape index (κ3) is 7.54. The molecule has 3 atom stereocenters. The Labute approximate surface area is 180 Å². The number of carboxylic acids is 1. The minimum absolute atomic E-state index is 0.264. The van der Waals surface area contributed by atoms with Gasteiger partial charge < -0.3 is 20.1 Å². The molecule has 0 aliphatic carbocycles. The third-order valence-corrected chi connectivity index (χ3v) is 6.28. The van der Waals surface area contributed by atoms with Crippen molar-refractivity contribution < 1.29 is 24.2 Å². The molecule has 0 saturated carbocycles. The lowest BCUT2D eigenvalue weighted by Crippen LogP contribution is -2.53. The maximum absolute atomic E-state index is 12.8. The van der Waals surface area contributed by atoms with E-state index in [9.17, 15) is 19.5 Å². The molecule has 2 rings (SSSR count). The third-order valence-electron chi connectivity index (χ3n) is 6.28. The van der Waals surface area contributed by atoms with Crippen LogP contribution in [0.1, 0.15) is 71.6 Å². The Hall–Kier alpha value is -1.67. The predicted molar refractivity (Wildman–Crippen MR) is 114 cm³/mol. The number of hydrogen-bond donors (Lipinski definition) is 3. The molecule has 2 aliphatic rings. The smallest absolute Gasteiger partial charge is 0.326 e. The maximum Gasteiger partial charge on any atom is 0.326 e. The Kier molecular flexibility index (Phi) is 10.6. The number of piperidine rings is 1. The fraction of sp³-hybridized carbons (Fsp3) is 0.864. The SMILES string of the molecule is CCOC(=O)[C@H](CCCCCC1CCNCC1)N[C@@H](C)C(=O)N1CCC[C@H]1C(=O)O. The van der Waals surface area contributed by atoms with E-state index in [0.717, 1.165) is 38.3 Å². The molecule has 8 heteroatoms. The van der Waals surface area contributed by atoms with Gasteiger partial charge in [0.1, 0.15) is 12.1 Å². The zero-order chi connectivity index (χ0) is 21.9. The summed E-state index contributed by atoms with van der Waals surface area (Å²) in [5.74, 6) is -0.763. The van der Waals surface area contributed by atoms with Gasteiger partial charge in [-0.1, -0.05) is 25.7 Å². The summed E-state index contributed by atoms with van der Waals surface area (Å²) < 4.78 is 5.19. The number of nitrogens with zero attached hydrogens (tertiary/aromatic N) is 1. The van der Waals surface area contributed by atoms with Gasteiger partial charge in [-0.2, -0.15) is 0 Å². The van der Waals surface area contributed by atoms with Gasteiger partial charge in [0.25, 0.3) is 0 Å². The van der Waals surface area contributed by atoms with E-state index in [2.05, 4.69) is 10.6 Å². The molecule has 30 heavy (non-hydrogen) atoms. The van der Waals surface area contributed by atoms with Crippen molar-refractivity contribution in [3.8, 4) is 0 Å². The Balaban J connectivity index is 1.80. The Bertz CT molecular complexity index is 565. The standard InChI is InChI=1S/C22H39N3O5/c1-3-30-22(29)18(9-6-4-5-8-17-11-13-23-14-12-17)24-16(2)20(26)25-15-7-10-19(25)21(27)28/h16-19,23-24H,3-15H2,1-2H3,(H,27,28)/t16-,18-,19-/m0/s1. The lowest BCUT2D eigenvalue weighted by Gasteiger charge is -2.28. The number of amides is 1. The summed E-state index contributed by atoms with van der Waals surface area (Å²) in [5.41, 5.74) is 0. The number of carbonyl (C=O) groups excluding carboxylic acids is 2. The summed E-state index contributed by atoms with van der Waals surface area (Å²) in [6.45, 7) is 6.44. The zero-order valence-corrected chi connectivity index (χ0v) is 18.5. The summed E-state index contributed by atoms with van der Waals surface area (Å²) >= 11 is 0. The molecule has 3 N–H and O–H groups in total. The molecule has 2 heterocycles. The molecular weight excluding hydrogens is 386 g/mol. The molecular formula is C22H39N3O5. The van der Waals surface area contributed by atoms with Crippen molar-refractivity contribution in [1.82, 2.24) is 15.5 Å². The van der Waals surface area contributed by atoms with Crippen molar-refractivity contribution in [2.24, 2.45) is 5.92 Å². The first kappa shape index (κ1) is 24.6. The summed E-state index contributed by atoms with van der Waals surface area (Å²) in [7, 11) is 0. The topological polar surface area (TPSA) is 108 Å². The number of likely N-dealkylation sites (tertiary alicyclic amines) is 1. The van der Waals surface area contributed by atoms with Gasteiger partial charge in [0.15, 0.2) is 0 Å². The van der Waals surface area contributed by atoms with Gasteiger partial charge >= 0.3 is 11.9 Å². The lowest BCUT2D eigenvalue weighted by atomic mass is 9.92. The second-order valence-corrected chi connectivity index (χ2v) is 8.55. The Morgan fingerprint density at radius 2 is 1.90 bits per heavy atom. The summed E-state index contributed by atoms with van der Waals surface area (Å²) in [5, 5.41) is 15.8. The molecule has 1 amide bonds. The Morgan fingerprint density at radius 1 is 1.17 bits per heavy atom. The van der Waals surface area contributed by atoms with Crippen LogP contribution in [0.5, 0.6) is 0 Å².